The van der Waals surface area contributed by atoms with Crippen molar-refractivity contribution < 1.29 is 5.21 Å². The Bertz CT molecular complexity index is 275. The number of halogens is 1. The van der Waals surface area contributed by atoms with Crippen molar-refractivity contribution in [1.82, 2.24) is 0 Å². The maximum absolute atomic E-state index is 8.75. The van der Waals surface area contributed by atoms with Crippen LogP contribution in [-0.2, 0) is 0 Å². The molecule has 1 rings (SSSR count). The van der Waals surface area contributed by atoms with Crippen LogP contribution in [0, 0.1) is 0 Å². The molecule has 78 valence electrons. The van der Waals surface area contributed by atoms with E-state index in [0.29, 0.717) is 12.3 Å². The maximum Gasteiger partial charge on any atom is 0.0868 e. The van der Waals surface area contributed by atoms with E-state index in [4.69, 9.17) is 10.9 Å². The van der Waals surface area contributed by atoms with Crippen molar-refractivity contribution in [1.29, 1.82) is 0 Å². The normalized spacial score (nSPS) is 10.8. The molecule has 0 saturated heterocycles. The van der Waals surface area contributed by atoms with E-state index < -0.39 is 0 Å². The quantitative estimate of drug-likeness (QED) is 0.458. The van der Waals surface area contributed by atoms with Gasteiger partial charge in [0.25, 0.3) is 0 Å². The molecule has 0 atom stereocenters. The molecule has 1 aromatic carbocycles. The third-order valence-corrected chi connectivity index (χ3v) is 1.85. The summed E-state index contributed by atoms with van der Waals surface area (Å²) in [4.78, 5) is 0. The van der Waals surface area contributed by atoms with Crippen LogP contribution in [0.25, 0.3) is 0 Å². The summed E-state index contributed by atoms with van der Waals surface area (Å²) in [5, 5.41) is 12.0. The lowest BCUT2D eigenvalue weighted by atomic mass is 10.1. The number of nitrogens with zero attached hydrogens (tertiary/aromatic N) is 1. The molecule has 0 fully saturated rings. The van der Waals surface area contributed by atoms with Crippen molar-refractivity contribution in [3.63, 3.8) is 0 Å². The predicted molar refractivity (Wildman–Crippen MR) is 60.3 cm³/mol. The third kappa shape index (κ3) is 3.77. The van der Waals surface area contributed by atoms with Crippen LogP contribution in [0.1, 0.15) is 18.4 Å². The molecule has 3 N–H and O–H groups in total. The SMILES string of the molecule is Cl.NCCC/C(=N/O)c1ccccc1. The van der Waals surface area contributed by atoms with Crippen LogP contribution in [0.5, 0.6) is 0 Å². The molecular formula is C10H15ClN2O. The minimum Gasteiger partial charge on any atom is -0.411 e. The van der Waals surface area contributed by atoms with Gasteiger partial charge in [-0.05, 0) is 24.9 Å². The molecule has 1 aromatic rings. The highest BCUT2D eigenvalue weighted by Crippen LogP contribution is 2.05. The number of nitrogens with two attached hydrogens (primary N) is 1. The Labute approximate surface area is 90.0 Å². The molecule has 0 spiro atoms. The fourth-order valence-corrected chi connectivity index (χ4v) is 1.15. The van der Waals surface area contributed by atoms with Gasteiger partial charge in [0, 0.05) is 0 Å². The zero-order valence-electron chi connectivity index (χ0n) is 7.89. The zero-order chi connectivity index (χ0) is 9.52. The zero-order valence-corrected chi connectivity index (χ0v) is 8.70. The number of hydrogen-bond acceptors (Lipinski definition) is 3. The smallest absolute Gasteiger partial charge is 0.0868 e. The van der Waals surface area contributed by atoms with Crippen LogP contribution in [0.4, 0.5) is 0 Å². The standard InChI is InChI=1S/C10H14N2O.ClH/c11-8-4-7-10(12-13)9-5-2-1-3-6-9;/h1-3,5-6,13H,4,7-8,11H2;1H/b12-10-;. The Hall–Kier alpha value is -1.06. The summed E-state index contributed by atoms with van der Waals surface area (Å²) in [7, 11) is 0. The molecule has 0 aliphatic heterocycles. The van der Waals surface area contributed by atoms with Crippen LogP contribution in [0.3, 0.4) is 0 Å². The highest BCUT2D eigenvalue weighted by atomic mass is 35.5. The van der Waals surface area contributed by atoms with Gasteiger partial charge in [-0.25, -0.2) is 0 Å². The second-order valence-electron chi connectivity index (χ2n) is 2.80. The Morgan fingerprint density at radius 3 is 2.43 bits per heavy atom. The first-order chi connectivity index (χ1) is 6.38. The van der Waals surface area contributed by atoms with E-state index >= 15 is 0 Å². The van der Waals surface area contributed by atoms with Gasteiger partial charge in [-0.15, -0.1) is 12.4 Å². The summed E-state index contributed by atoms with van der Waals surface area (Å²) in [5.74, 6) is 0. The minimum absolute atomic E-state index is 0. The molecule has 0 saturated carbocycles. The van der Waals surface area contributed by atoms with E-state index in [1.165, 1.54) is 0 Å². The summed E-state index contributed by atoms with van der Waals surface area (Å²) >= 11 is 0. The first-order valence-electron chi connectivity index (χ1n) is 4.35. The average Bonchev–Trinajstić information content (AvgIpc) is 2.21. The molecule has 0 bridgehead atoms. The lowest BCUT2D eigenvalue weighted by Gasteiger charge is -2.02. The van der Waals surface area contributed by atoms with E-state index in [1.807, 2.05) is 30.3 Å². The molecule has 0 radical (unpaired) electrons. The number of hydrogen-bond donors (Lipinski definition) is 2. The number of rotatable bonds is 4. The number of benzene rings is 1. The van der Waals surface area contributed by atoms with Gasteiger partial charge in [-0.1, -0.05) is 35.5 Å². The van der Waals surface area contributed by atoms with Crippen LogP contribution in [0.2, 0.25) is 0 Å². The summed E-state index contributed by atoms with van der Waals surface area (Å²) in [6.45, 7) is 0.617. The second-order valence-corrected chi connectivity index (χ2v) is 2.80. The van der Waals surface area contributed by atoms with Gasteiger partial charge in [-0.2, -0.15) is 0 Å². The van der Waals surface area contributed by atoms with Crippen molar-refractivity contribution in [2.75, 3.05) is 6.54 Å². The van der Waals surface area contributed by atoms with E-state index in [1.54, 1.807) is 0 Å². The predicted octanol–water partition coefficient (Wildman–Crippen LogP) is 2.03. The van der Waals surface area contributed by atoms with E-state index in [9.17, 15) is 0 Å². The molecule has 0 aliphatic rings. The van der Waals surface area contributed by atoms with Crippen LogP contribution < -0.4 is 5.73 Å². The van der Waals surface area contributed by atoms with Gasteiger partial charge >= 0.3 is 0 Å². The van der Waals surface area contributed by atoms with E-state index in [2.05, 4.69) is 5.16 Å². The van der Waals surface area contributed by atoms with Gasteiger partial charge < -0.3 is 10.9 Å². The summed E-state index contributed by atoms with van der Waals surface area (Å²) in [6, 6.07) is 9.62. The van der Waals surface area contributed by atoms with E-state index in [0.717, 1.165) is 18.4 Å². The molecule has 0 aliphatic carbocycles. The van der Waals surface area contributed by atoms with Gasteiger partial charge in [0.1, 0.15) is 0 Å². The second kappa shape index (κ2) is 7.35. The number of oxime groups is 1. The molecule has 4 heteroatoms. The Balaban J connectivity index is 0.00000169. The largest absolute Gasteiger partial charge is 0.411 e. The monoisotopic (exact) mass is 214 g/mol. The van der Waals surface area contributed by atoms with Gasteiger partial charge in [0.2, 0.25) is 0 Å². The first-order valence-corrected chi connectivity index (χ1v) is 4.35. The topological polar surface area (TPSA) is 58.6 Å². The third-order valence-electron chi connectivity index (χ3n) is 1.85. The highest BCUT2D eigenvalue weighted by Gasteiger charge is 2.01. The molecule has 0 aromatic heterocycles. The van der Waals surface area contributed by atoms with Crippen LogP contribution >= 0.6 is 12.4 Å². The van der Waals surface area contributed by atoms with E-state index in [-0.39, 0.29) is 12.4 Å². The molecule has 0 amide bonds. The van der Waals surface area contributed by atoms with Crippen molar-refractivity contribution in [2.45, 2.75) is 12.8 Å². The van der Waals surface area contributed by atoms with Crippen molar-refractivity contribution in [3.05, 3.63) is 35.9 Å². The lowest BCUT2D eigenvalue weighted by molar-refractivity contribution is 0.318. The molecular weight excluding hydrogens is 200 g/mol. The lowest BCUT2D eigenvalue weighted by Crippen LogP contribution is -2.05. The van der Waals surface area contributed by atoms with Crippen LogP contribution in [0.15, 0.2) is 35.5 Å². The minimum atomic E-state index is 0. The molecule has 0 heterocycles. The Morgan fingerprint density at radius 2 is 1.93 bits per heavy atom. The van der Waals surface area contributed by atoms with Gasteiger partial charge in [0.15, 0.2) is 0 Å². The van der Waals surface area contributed by atoms with Gasteiger partial charge in [0.05, 0.1) is 5.71 Å². The summed E-state index contributed by atoms with van der Waals surface area (Å²) in [6.07, 6.45) is 1.56. The summed E-state index contributed by atoms with van der Waals surface area (Å²) < 4.78 is 0. The average molecular weight is 215 g/mol. The fourth-order valence-electron chi connectivity index (χ4n) is 1.15. The highest BCUT2D eigenvalue weighted by molar-refractivity contribution is 6.00. The first kappa shape index (κ1) is 12.9. The molecule has 0 unspecified atom stereocenters. The Morgan fingerprint density at radius 1 is 1.29 bits per heavy atom. The molecule has 14 heavy (non-hydrogen) atoms. The molecule has 3 nitrogen and oxygen atoms in total. The summed E-state index contributed by atoms with van der Waals surface area (Å²) in [5.41, 5.74) is 7.03. The Kier molecular flexibility index (Phi) is 6.80. The fraction of sp³-hybridized carbons (Fsp3) is 0.300. The van der Waals surface area contributed by atoms with Crippen LogP contribution in [-0.4, -0.2) is 17.5 Å². The van der Waals surface area contributed by atoms with Gasteiger partial charge in [-0.3, -0.25) is 0 Å². The van der Waals surface area contributed by atoms with Crippen molar-refractivity contribution in [3.8, 4) is 0 Å². The maximum atomic E-state index is 8.75. The van der Waals surface area contributed by atoms with Crippen molar-refractivity contribution >= 4 is 18.1 Å². The van der Waals surface area contributed by atoms with Crippen molar-refractivity contribution in [2.24, 2.45) is 10.9 Å².